The predicted octanol–water partition coefficient (Wildman–Crippen LogP) is 1.12. The molecule has 0 amide bonds. The van der Waals surface area contributed by atoms with Crippen LogP contribution in [0.15, 0.2) is 18.3 Å². The van der Waals surface area contributed by atoms with E-state index in [1.54, 1.807) is 0 Å². The van der Waals surface area contributed by atoms with E-state index < -0.39 is 0 Å². The molecule has 2 fully saturated rings. The first-order valence-electron chi connectivity index (χ1n) is 8.53. The van der Waals surface area contributed by atoms with Crippen LogP contribution in [0.5, 0.6) is 0 Å². The topological polar surface area (TPSA) is 48.6 Å². The Labute approximate surface area is 134 Å². The van der Waals surface area contributed by atoms with Gasteiger partial charge >= 0.3 is 0 Å². The summed E-state index contributed by atoms with van der Waals surface area (Å²) in [6.45, 7) is 9.59. The molecule has 22 heavy (non-hydrogen) atoms. The smallest absolute Gasteiger partial charge is 0.123 e. The maximum Gasteiger partial charge on any atom is 0.123 e. The summed E-state index contributed by atoms with van der Waals surface area (Å²) in [5.41, 5.74) is 7.07. The van der Waals surface area contributed by atoms with Crippen LogP contribution in [0.4, 0.5) is 5.82 Å². The maximum atomic E-state index is 5.79. The van der Waals surface area contributed by atoms with Gasteiger partial charge in [-0.3, -0.25) is 4.90 Å². The zero-order valence-corrected chi connectivity index (χ0v) is 13.7. The Kier molecular flexibility index (Phi) is 5.28. The van der Waals surface area contributed by atoms with Gasteiger partial charge in [0.1, 0.15) is 5.82 Å². The second-order valence-electron chi connectivity index (χ2n) is 6.94. The number of hydrogen-bond acceptors (Lipinski definition) is 5. The van der Waals surface area contributed by atoms with E-state index in [0.717, 1.165) is 12.5 Å². The van der Waals surface area contributed by atoms with Crippen LogP contribution in [-0.2, 0) is 6.54 Å². The maximum absolute atomic E-state index is 5.79. The van der Waals surface area contributed by atoms with Crippen molar-refractivity contribution in [2.75, 3.05) is 58.6 Å². The summed E-state index contributed by atoms with van der Waals surface area (Å²) in [5.74, 6) is 1.44. The van der Waals surface area contributed by atoms with Gasteiger partial charge in [-0.1, -0.05) is 0 Å². The molecule has 0 radical (unpaired) electrons. The first kappa shape index (κ1) is 15.7. The molecule has 0 aromatic carbocycles. The monoisotopic (exact) mass is 303 g/mol. The molecular weight excluding hydrogens is 274 g/mol. The molecule has 122 valence electrons. The molecule has 3 rings (SSSR count). The van der Waals surface area contributed by atoms with Crippen molar-refractivity contribution in [1.29, 1.82) is 0 Å². The molecule has 1 aromatic heterocycles. The van der Waals surface area contributed by atoms with E-state index in [1.165, 1.54) is 64.2 Å². The third kappa shape index (κ3) is 4.41. The van der Waals surface area contributed by atoms with Crippen LogP contribution in [0.2, 0.25) is 0 Å². The van der Waals surface area contributed by atoms with Crippen LogP contribution in [0.1, 0.15) is 18.4 Å². The van der Waals surface area contributed by atoms with E-state index in [1.807, 2.05) is 12.3 Å². The minimum absolute atomic E-state index is 0.628. The van der Waals surface area contributed by atoms with Crippen molar-refractivity contribution in [3.8, 4) is 0 Å². The van der Waals surface area contributed by atoms with Gasteiger partial charge in [0, 0.05) is 52.0 Å². The Balaban J connectivity index is 1.49. The number of pyridine rings is 1. The van der Waals surface area contributed by atoms with Crippen molar-refractivity contribution in [2.24, 2.45) is 5.92 Å². The molecule has 1 atom stereocenters. The third-order valence-electron chi connectivity index (χ3n) is 4.97. The largest absolute Gasteiger partial charge is 0.384 e. The number of piperidine rings is 1. The van der Waals surface area contributed by atoms with Crippen LogP contribution >= 0.6 is 0 Å². The fourth-order valence-corrected chi connectivity index (χ4v) is 3.69. The van der Waals surface area contributed by atoms with Gasteiger partial charge in [-0.15, -0.1) is 0 Å². The number of nitrogens with two attached hydrogens (primary N) is 1. The molecule has 1 unspecified atom stereocenters. The Hall–Kier alpha value is -1.17. The highest BCUT2D eigenvalue weighted by Gasteiger charge is 2.23. The molecule has 0 saturated carbocycles. The highest BCUT2D eigenvalue weighted by atomic mass is 15.2. The van der Waals surface area contributed by atoms with Crippen molar-refractivity contribution >= 4 is 5.82 Å². The lowest BCUT2D eigenvalue weighted by atomic mass is 9.96. The number of nitrogens with zero attached hydrogens (tertiary/aromatic N) is 4. The second-order valence-corrected chi connectivity index (χ2v) is 6.94. The van der Waals surface area contributed by atoms with Crippen molar-refractivity contribution in [1.82, 2.24) is 19.7 Å². The van der Waals surface area contributed by atoms with Crippen LogP contribution in [0, 0.1) is 5.92 Å². The van der Waals surface area contributed by atoms with E-state index >= 15 is 0 Å². The minimum Gasteiger partial charge on any atom is -0.384 e. The predicted molar refractivity (Wildman–Crippen MR) is 90.6 cm³/mol. The molecule has 0 bridgehead atoms. The van der Waals surface area contributed by atoms with Crippen LogP contribution < -0.4 is 5.73 Å². The van der Waals surface area contributed by atoms with Gasteiger partial charge in [0.25, 0.3) is 0 Å². The highest BCUT2D eigenvalue weighted by Crippen LogP contribution is 2.20. The normalized spacial score (nSPS) is 25.4. The number of anilines is 1. The summed E-state index contributed by atoms with van der Waals surface area (Å²) in [6.07, 6.45) is 4.51. The summed E-state index contributed by atoms with van der Waals surface area (Å²) < 4.78 is 0. The van der Waals surface area contributed by atoms with Crippen LogP contribution in [0.25, 0.3) is 0 Å². The standard InChI is InChI=1S/C17H29N5/c1-20-7-9-21(10-8-20)13-16-3-2-6-22(14-16)12-15-4-5-19-17(18)11-15/h4-5,11,16H,2-3,6-10,12-14H2,1H3,(H2,18,19). The number of likely N-dealkylation sites (tertiary alicyclic amines) is 1. The number of likely N-dealkylation sites (N-methyl/N-ethyl adjacent to an activating group) is 1. The molecule has 1 aromatic rings. The zero-order chi connectivity index (χ0) is 15.4. The van der Waals surface area contributed by atoms with Gasteiger partial charge in [0.05, 0.1) is 0 Å². The third-order valence-corrected chi connectivity index (χ3v) is 4.97. The number of hydrogen-bond donors (Lipinski definition) is 1. The Morgan fingerprint density at radius 1 is 1.18 bits per heavy atom. The quantitative estimate of drug-likeness (QED) is 0.903. The second kappa shape index (κ2) is 7.40. The molecule has 0 spiro atoms. The van der Waals surface area contributed by atoms with Gasteiger partial charge in [0.2, 0.25) is 0 Å². The van der Waals surface area contributed by atoms with Crippen LogP contribution in [0.3, 0.4) is 0 Å². The Morgan fingerprint density at radius 2 is 2.00 bits per heavy atom. The lowest BCUT2D eigenvalue weighted by molar-refractivity contribution is 0.0966. The summed E-state index contributed by atoms with van der Waals surface area (Å²) >= 11 is 0. The molecule has 5 nitrogen and oxygen atoms in total. The number of nitrogen functional groups attached to an aromatic ring is 1. The first-order chi connectivity index (χ1) is 10.7. The van der Waals surface area contributed by atoms with Crippen molar-refractivity contribution in [3.63, 3.8) is 0 Å². The summed E-state index contributed by atoms with van der Waals surface area (Å²) in [7, 11) is 2.22. The number of aromatic nitrogens is 1. The van der Waals surface area contributed by atoms with Gasteiger partial charge in [0.15, 0.2) is 0 Å². The molecule has 2 N–H and O–H groups in total. The molecule has 0 aliphatic carbocycles. The lowest BCUT2D eigenvalue weighted by Gasteiger charge is -2.38. The molecule has 2 aliphatic heterocycles. The highest BCUT2D eigenvalue weighted by molar-refractivity contribution is 5.31. The average Bonchev–Trinajstić information content (AvgIpc) is 2.50. The van der Waals surface area contributed by atoms with Crippen LogP contribution in [-0.4, -0.2) is 72.5 Å². The molecular formula is C17H29N5. The summed E-state index contributed by atoms with van der Waals surface area (Å²) in [4.78, 5) is 11.7. The molecule has 3 heterocycles. The average molecular weight is 303 g/mol. The summed E-state index contributed by atoms with van der Waals surface area (Å²) in [6, 6.07) is 4.09. The fourth-order valence-electron chi connectivity index (χ4n) is 3.69. The van der Waals surface area contributed by atoms with Crippen molar-refractivity contribution in [3.05, 3.63) is 23.9 Å². The fraction of sp³-hybridized carbons (Fsp3) is 0.706. The summed E-state index contributed by atoms with van der Waals surface area (Å²) in [5, 5.41) is 0. The number of piperazine rings is 1. The Morgan fingerprint density at radius 3 is 2.77 bits per heavy atom. The SMILES string of the molecule is CN1CCN(CC2CCCN(Cc3ccnc(N)c3)C2)CC1. The lowest BCUT2D eigenvalue weighted by Crippen LogP contribution is -2.48. The molecule has 2 aliphatic rings. The van der Waals surface area contributed by atoms with E-state index in [0.29, 0.717) is 5.82 Å². The van der Waals surface area contributed by atoms with Crippen molar-refractivity contribution < 1.29 is 0 Å². The van der Waals surface area contributed by atoms with E-state index in [4.69, 9.17) is 5.73 Å². The number of rotatable bonds is 4. The molecule has 2 saturated heterocycles. The van der Waals surface area contributed by atoms with Gasteiger partial charge in [-0.05, 0) is 50.0 Å². The van der Waals surface area contributed by atoms with Gasteiger partial charge in [-0.2, -0.15) is 0 Å². The Bertz CT molecular complexity index is 470. The first-order valence-corrected chi connectivity index (χ1v) is 8.53. The minimum atomic E-state index is 0.628. The zero-order valence-electron chi connectivity index (χ0n) is 13.7. The van der Waals surface area contributed by atoms with E-state index in [-0.39, 0.29) is 0 Å². The molecule has 5 heteroatoms. The van der Waals surface area contributed by atoms with E-state index in [2.05, 4.69) is 32.8 Å². The van der Waals surface area contributed by atoms with E-state index in [9.17, 15) is 0 Å². The van der Waals surface area contributed by atoms with Gasteiger partial charge < -0.3 is 15.5 Å². The van der Waals surface area contributed by atoms with Gasteiger partial charge in [-0.25, -0.2) is 4.98 Å². The van der Waals surface area contributed by atoms with Crippen molar-refractivity contribution in [2.45, 2.75) is 19.4 Å².